The molecule has 3 atom stereocenters. The maximum Gasteiger partial charge on any atom is 0.225 e. The number of halogens is 2. The van der Waals surface area contributed by atoms with Gasteiger partial charge in [-0.1, -0.05) is 29.3 Å². The molecule has 7 nitrogen and oxygen atoms in total. The smallest absolute Gasteiger partial charge is 0.225 e. The Bertz CT molecular complexity index is 1200. The van der Waals surface area contributed by atoms with Gasteiger partial charge in [0.2, 0.25) is 17.7 Å². The third-order valence-electron chi connectivity index (χ3n) is 7.91. The van der Waals surface area contributed by atoms with Crippen molar-refractivity contribution in [3.63, 3.8) is 0 Å². The fraction of sp³-hybridized carbons (Fsp3) is 0.500. The van der Waals surface area contributed by atoms with Crippen LogP contribution in [0.3, 0.4) is 0 Å². The van der Waals surface area contributed by atoms with E-state index in [2.05, 4.69) is 11.1 Å². The maximum absolute atomic E-state index is 13.6. The van der Waals surface area contributed by atoms with Gasteiger partial charge in [0.05, 0.1) is 15.6 Å². The largest absolute Gasteiger partial charge is 0.474 e. The van der Waals surface area contributed by atoms with Crippen LogP contribution in [0.2, 0.25) is 10.0 Å². The molecule has 3 fully saturated rings. The summed E-state index contributed by atoms with van der Waals surface area (Å²) >= 11 is 12.5. The van der Waals surface area contributed by atoms with Gasteiger partial charge in [-0.15, -0.1) is 0 Å². The summed E-state index contributed by atoms with van der Waals surface area (Å²) in [7, 11) is 0. The Kier molecular flexibility index (Phi) is 7.60. The van der Waals surface area contributed by atoms with Crippen molar-refractivity contribution >= 4 is 35.0 Å². The Labute approximate surface area is 227 Å². The average Bonchev–Trinajstić information content (AvgIpc) is 3.67. The second-order valence-corrected chi connectivity index (χ2v) is 11.2. The molecule has 2 aliphatic heterocycles. The van der Waals surface area contributed by atoms with E-state index in [1.807, 2.05) is 28.9 Å². The number of aromatic nitrogens is 1. The summed E-state index contributed by atoms with van der Waals surface area (Å²) < 4.78 is 6.18. The fourth-order valence-electron chi connectivity index (χ4n) is 5.57. The van der Waals surface area contributed by atoms with Crippen molar-refractivity contribution in [2.75, 3.05) is 26.2 Å². The lowest BCUT2D eigenvalue weighted by Crippen LogP contribution is -2.44. The molecule has 2 saturated heterocycles. The predicted molar refractivity (Wildman–Crippen MR) is 140 cm³/mol. The lowest BCUT2D eigenvalue weighted by atomic mass is 9.86. The summed E-state index contributed by atoms with van der Waals surface area (Å²) in [5, 5.41) is 10.0. The molecule has 0 radical (unpaired) electrons. The molecule has 37 heavy (non-hydrogen) atoms. The minimum atomic E-state index is -0.240. The number of carbonyl (C=O) groups excluding carboxylic acids is 2. The van der Waals surface area contributed by atoms with E-state index in [1.165, 1.54) is 6.20 Å². The van der Waals surface area contributed by atoms with Crippen molar-refractivity contribution in [3.05, 3.63) is 57.7 Å². The quantitative estimate of drug-likeness (QED) is 0.519. The van der Waals surface area contributed by atoms with E-state index in [0.29, 0.717) is 60.5 Å². The first-order valence-electron chi connectivity index (χ1n) is 12.9. The minimum absolute atomic E-state index is 0.00942. The molecule has 2 amide bonds. The average molecular weight is 541 g/mol. The zero-order valence-corrected chi connectivity index (χ0v) is 22.3. The molecule has 194 valence electrons. The van der Waals surface area contributed by atoms with Gasteiger partial charge in [-0.3, -0.25) is 9.59 Å². The van der Waals surface area contributed by atoms with Crippen LogP contribution in [0.25, 0.3) is 0 Å². The number of hydrogen-bond donors (Lipinski definition) is 0. The van der Waals surface area contributed by atoms with Gasteiger partial charge in [0, 0.05) is 62.1 Å². The van der Waals surface area contributed by atoms with E-state index in [1.54, 1.807) is 18.2 Å². The summed E-state index contributed by atoms with van der Waals surface area (Å²) in [6, 6.07) is 11.1. The zero-order chi connectivity index (χ0) is 26.1. The van der Waals surface area contributed by atoms with Crippen LogP contribution < -0.4 is 4.74 Å². The van der Waals surface area contributed by atoms with Gasteiger partial charge in [-0.2, -0.15) is 5.26 Å². The van der Waals surface area contributed by atoms with Crippen LogP contribution in [0.4, 0.5) is 0 Å². The van der Waals surface area contributed by atoms with Gasteiger partial charge < -0.3 is 14.5 Å². The van der Waals surface area contributed by atoms with Gasteiger partial charge in [-0.05, 0) is 56.4 Å². The number of nitriles is 1. The molecule has 1 aromatic carbocycles. The number of likely N-dealkylation sites (tertiary alicyclic amines) is 2. The van der Waals surface area contributed by atoms with Crippen molar-refractivity contribution in [2.45, 2.75) is 44.6 Å². The molecule has 1 aromatic heterocycles. The molecule has 3 heterocycles. The van der Waals surface area contributed by atoms with E-state index in [-0.39, 0.29) is 41.6 Å². The topological polar surface area (TPSA) is 86.5 Å². The summed E-state index contributed by atoms with van der Waals surface area (Å²) in [4.78, 5) is 34.2. The minimum Gasteiger partial charge on any atom is -0.474 e. The fourth-order valence-corrected chi connectivity index (χ4v) is 5.87. The highest BCUT2D eigenvalue weighted by atomic mass is 35.5. The van der Waals surface area contributed by atoms with Crippen LogP contribution in [0.15, 0.2) is 36.5 Å². The molecule has 2 aromatic rings. The number of carbonyl (C=O) groups is 2. The molecular formula is C28H30Cl2N4O3. The zero-order valence-electron chi connectivity index (χ0n) is 20.8. The van der Waals surface area contributed by atoms with Gasteiger partial charge >= 0.3 is 0 Å². The summed E-state index contributed by atoms with van der Waals surface area (Å²) in [5.41, 5.74) is 1.49. The number of amides is 2. The van der Waals surface area contributed by atoms with Gasteiger partial charge in [0.15, 0.2) is 0 Å². The number of hydrogen-bond acceptors (Lipinski definition) is 5. The third kappa shape index (κ3) is 5.71. The number of rotatable bonds is 6. The molecule has 1 aliphatic carbocycles. The van der Waals surface area contributed by atoms with Crippen LogP contribution in [-0.2, 0) is 9.59 Å². The molecule has 1 saturated carbocycles. The Morgan fingerprint density at radius 3 is 2.32 bits per heavy atom. The second-order valence-electron chi connectivity index (χ2n) is 10.4. The molecule has 3 unspecified atom stereocenters. The van der Waals surface area contributed by atoms with Gasteiger partial charge in [0.25, 0.3) is 0 Å². The third-order valence-corrected chi connectivity index (χ3v) is 8.65. The molecule has 0 spiro atoms. The SMILES string of the molecule is CC(Oc1ccc(C#N)cn1)C1CN(C(=O)C2CCN(C(=O)C3CC3)CC2)CC1c1ccc(Cl)c(Cl)c1. The van der Waals surface area contributed by atoms with Crippen LogP contribution in [0, 0.1) is 29.1 Å². The van der Waals surface area contributed by atoms with Crippen LogP contribution >= 0.6 is 23.2 Å². The van der Waals surface area contributed by atoms with Crippen molar-refractivity contribution in [1.29, 1.82) is 5.26 Å². The summed E-state index contributed by atoms with van der Waals surface area (Å²) in [6.45, 7) is 4.43. The molecular weight excluding hydrogens is 511 g/mol. The first kappa shape index (κ1) is 25.8. The number of benzene rings is 1. The van der Waals surface area contributed by atoms with Crippen LogP contribution in [0.5, 0.6) is 5.88 Å². The summed E-state index contributed by atoms with van der Waals surface area (Å²) in [5.74, 6) is 1.01. The second kappa shape index (κ2) is 10.9. The first-order valence-corrected chi connectivity index (χ1v) is 13.6. The standard InChI is InChI=1S/C28H30Cl2N4O3/c1-17(37-26-7-2-18(13-31)14-32-26)22-15-34(16-23(22)21-5-6-24(29)25(30)12-21)28(36)20-8-10-33(11-9-20)27(35)19-3-4-19/h2,5-7,12,14,17,19-20,22-23H,3-4,8-11,15-16H2,1H3. The maximum atomic E-state index is 13.6. The van der Waals surface area contributed by atoms with Crippen molar-refractivity contribution in [2.24, 2.45) is 17.8 Å². The number of ether oxygens (including phenoxy) is 1. The predicted octanol–water partition coefficient (Wildman–Crippen LogP) is 4.92. The first-order chi connectivity index (χ1) is 17.8. The highest BCUT2D eigenvalue weighted by Crippen LogP contribution is 2.39. The Balaban J connectivity index is 1.30. The van der Waals surface area contributed by atoms with Crippen molar-refractivity contribution in [1.82, 2.24) is 14.8 Å². The molecule has 9 heteroatoms. The van der Waals surface area contributed by atoms with E-state index >= 15 is 0 Å². The van der Waals surface area contributed by atoms with Gasteiger partial charge in [-0.25, -0.2) is 4.98 Å². The van der Waals surface area contributed by atoms with E-state index in [0.717, 1.165) is 18.4 Å². The molecule has 5 rings (SSSR count). The van der Waals surface area contributed by atoms with E-state index in [4.69, 9.17) is 33.2 Å². The van der Waals surface area contributed by atoms with Crippen LogP contribution in [-0.4, -0.2) is 58.9 Å². The number of piperidine rings is 1. The Hall–Kier alpha value is -2.82. The van der Waals surface area contributed by atoms with Crippen molar-refractivity contribution in [3.8, 4) is 11.9 Å². The molecule has 3 aliphatic rings. The van der Waals surface area contributed by atoms with E-state index < -0.39 is 0 Å². The van der Waals surface area contributed by atoms with Crippen LogP contribution in [0.1, 0.15) is 49.7 Å². The Morgan fingerprint density at radius 1 is 1.00 bits per heavy atom. The summed E-state index contributed by atoms with van der Waals surface area (Å²) in [6.07, 6.45) is 4.66. The number of nitrogens with zero attached hydrogens (tertiary/aromatic N) is 4. The molecule has 0 bridgehead atoms. The van der Waals surface area contributed by atoms with Gasteiger partial charge in [0.1, 0.15) is 12.2 Å². The lowest BCUT2D eigenvalue weighted by Gasteiger charge is -2.33. The Morgan fingerprint density at radius 2 is 1.70 bits per heavy atom. The number of pyridine rings is 1. The lowest BCUT2D eigenvalue weighted by molar-refractivity contribution is -0.140. The normalized spacial score (nSPS) is 23.0. The van der Waals surface area contributed by atoms with Crippen molar-refractivity contribution < 1.29 is 14.3 Å². The monoisotopic (exact) mass is 540 g/mol. The molecule has 0 N–H and O–H groups in total. The highest BCUT2D eigenvalue weighted by molar-refractivity contribution is 6.42. The highest BCUT2D eigenvalue weighted by Gasteiger charge is 2.43. The van der Waals surface area contributed by atoms with E-state index in [9.17, 15) is 9.59 Å².